The summed E-state index contributed by atoms with van der Waals surface area (Å²) in [6.45, 7) is 9.09. The van der Waals surface area contributed by atoms with Crippen LogP contribution in [0.3, 0.4) is 0 Å². The fourth-order valence-corrected chi connectivity index (χ4v) is 2.18. The SMILES string of the molecule is C=C(C)COCCNS(=O)(=O)c1cn(CC)cn1. The van der Waals surface area contributed by atoms with E-state index in [1.807, 2.05) is 13.8 Å². The molecule has 7 heteroatoms. The normalized spacial score (nSPS) is 11.7. The number of aromatic nitrogens is 2. The summed E-state index contributed by atoms with van der Waals surface area (Å²) in [6, 6.07) is 0. The van der Waals surface area contributed by atoms with Gasteiger partial charge in [0.15, 0.2) is 5.03 Å². The molecule has 0 aromatic carbocycles. The standard InChI is InChI=1S/C11H19N3O3S/c1-4-14-7-11(12-9-14)18(15,16)13-5-6-17-8-10(2)3/h7,9,13H,2,4-6,8H2,1,3H3. The van der Waals surface area contributed by atoms with Crippen molar-refractivity contribution in [3.05, 3.63) is 24.7 Å². The average molecular weight is 273 g/mol. The lowest BCUT2D eigenvalue weighted by Gasteiger charge is -2.05. The van der Waals surface area contributed by atoms with Crippen molar-refractivity contribution in [2.45, 2.75) is 25.4 Å². The first kappa shape index (κ1) is 14.9. The Labute approximate surface area is 108 Å². The van der Waals surface area contributed by atoms with Gasteiger partial charge in [-0.25, -0.2) is 18.1 Å². The zero-order chi connectivity index (χ0) is 13.6. The van der Waals surface area contributed by atoms with Crippen LogP contribution in [0.1, 0.15) is 13.8 Å². The second kappa shape index (κ2) is 6.67. The van der Waals surface area contributed by atoms with E-state index in [-0.39, 0.29) is 11.6 Å². The van der Waals surface area contributed by atoms with E-state index >= 15 is 0 Å². The van der Waals surface area contributed by atoms with Crippen molar-refractivity contribution < 1.29 is 13.2 Å². The number of hydrogen-bond acceptors (Lipinski definition) is 4. The molecule has 0 bridgehead atoms. The maximum absolute atomic E-state index is 11.8. The van der Waals surface area contributed by atoms with Gasteiger partial charge >= 0.3 is 0 Å². The zero-order valence-corrected chi connectivity index (χ0v) is 11.5. The first-order chi connectivity index (χ1) is 8.45. The number of nitrogens with zero attached hydrogens (tertiary/aromatic N) is 2. The predicted molar refractivity (Wildman–Crippen MR) is 68.7 cm³/mol. The Hall–Kier alpha value is -1.18. The van der Waals surface area contributed by atoms with E-state index < -0.39 is 10.0 Å². The molecular weight excluding hydrogens is 254 g/mol. The summed E-state index contributed by atoms with van der Waals surface area (Å²) in [5.74, 6) is 0. The summed E-state index contributed by atoms with van der Waals surface area (Å²) in [7, 11) is -3.53. The van der Waals surface area contributed by atoms with E-state index in [1.165, 1.54) is 12.5 Å². The molecule has 1 aromatic rings. The van der Waals surface area contributed by atoms with E-state index in [4.69, 9.17) is 4.74 Å². The lowest BCUT2D eigenvalue weighted by atomic mass is 10.4. The van der Waals surface area contributed by atoms with Crippen LogP contribution in [0.4, 0.5) is 0 Å². The molecule has 0 amide bonds. The molecule has 1 N–H and O–H groups in total. The van der Waals surface area contributed by atoms with Crippen LogP contribution in [0, 0.1) is 0 Å². The Balaban J connectivity index is 2.42. The summed E-state index contributed by atoms with van der Waals surface area (Å²) in [5.41, 5.74) is 0.902. The van der Waals surface area contributed by atoms with Crippen molar-refractivity contribution >= 4 is 10.0 Å². The summed E-state index contributed by atoms with van der Waals surface area (Å²) in [4.78, 5) is 3.84. The van der Waals surface area contributed by atoms with Gasteiger partial charge in [-0.3, -0.25) is 0 Å². The highest BCUT2D eigenvalue weighted by molar-refractivity contribution is 7.89. The van der Waals surface area contributed by atoms with Gasteiger partial charge in [0.1, 0.15) is 0 Å². The van der Waals surface area contributed by atoms with Crippen molar-refractivity contribution in [3.63, 3.8) is 0 Å². The maximum Gasteiger partial charge on any atom is 0.259 e. The minimum absolute atomic E-state index is 0.0317. The van der Waals surface area contributed by atoms with E-state index in [0.717, 1.165) is 5.57 Å². The summed E-state index contributed by atoms with van der Waals surface area (Å²) in [6.07, 6.45) is 2.99. The molecule has 0 aliphatic rings. The molecule has 102 valence electrons. The van der Waals surface area contributed by atoms with Crippen LogP contribution in [0.15, 0.2) is 29.7 Å². The molecule has 0 aliphatic heterocycles. The Kier molecular flexibility index (Phi) is 5.52. The highest BCUT2D eigenvalue weighted by Gasteiger charge is 2.16. The minimum Gasteiger partial charge on any atom is -0.376 e. The third kappa shape index (κ3) is 4.59. The van der Waals surface area contributed by atoms with E-state index in [9.17, 15) is 8.42 Å². The molecular formula is C11H19N3O3S. The molecule has 18 heavy (non-hydrogen) atoms. The smallest absolute Gasteiger partial charge is 0.259 e. The molecule has 0 spiro atoms. The number of aryl methyl sites for hydroxylation is 1. The second-order valence-corrected chi connectivity index (χ2v) is 5.66. The number of rotatable bonds is 8. The van der Waals surface area contributed by atoms with E-state index in [1.54, 1.807) is 4.57 Å². The third-order valence-electron chi connectivity index (χ3n) is 2.14. The van der Waals surface area contributed by atoms with Gasteiger partial charge in [0.05, 0.1) is 19.5 Å². The Bertz CT molecular complexity index is 493. The average Bonchev–Trinajstić information content (AvgIpc) is 2.77. The van der Waals surface area contributed by atoms with Crippen molar-refractivity contribution in [2.24, 2.45) is 0 Å². The zero-order valence-electron chi connectivity index (χ0n) is 10.7. The van der Waals surface area contributed by atoms with Crippen LogP contribution in [0.25, 0.3) is 0 Å². The third-order valence-corrected chi connectivity index (χ3v) is 3.48. The van der Waals surface area contributed by atoms with Crippen molar-refractivity contribution in [3.8, 4) is 0 Å². The van der Waals surface area contributed by atoms with Crippen LogP contribution in [0.2, 0.25) is 0 Å². The Morgan fingerprint density at radius 1 is 1.61 bits per heavy atom. The van der Waals surface area contributed by atoms with Gasteiger partial charge in [-0.15, -0.1) is 0 Å². The molecule has 0 unspecified atom stereocenters. The van der Waals surface area contributed by atoms with E-state index in [2.05, 4.69) is 16.3 Å². The van der Waals surface area contributed by atoms with E-state index in [0.29, 0.717) is 19.8 Å². The lowest BCUT2D eigenvalue weighted by molar-refractivity contribution is 0.162. The molecule has 0 saturated carbocycles. The number of ether oxygens (including phenoxy) is 1. The summed E-state index contributed by atoms with van der Waals surface area (Å²) >= 11 is 0. The molecule has 1 heterocycles. The van der Waals surface area contributed by atoms with Crippen molar-refractivity contribution in [2.75, 3.05) is 19.8 Å². The Morgan fingerprint density at radius 2 is 2.33 bits per heavy atom. The number of imidazole rings is 1. The maximum atomic E-state index is 11.8. The molecule has 1 aromatic heterocycles. The number of nitrogens with one attached hydrogen (secondary N) is 1. The molecule has 0 atom stereocenters. The molecule has 1 rings (SSSR count). The molecule has 0 aliphatic carbocycles. The van der Waals surface area contributed by atoms with Crippen LogP contribution >= 0.6 is 0 Å². The van der Waals surface area contributed by atoms with Crippen LogP contribution in [-0.2, 0) is 21.3 Å². The first-order valence-corrected chi connectivity index (χ1v) is 7.17. The quantitative estimate of drug-likeness (QED) is 0.561. The fraction of sp³-hybridized carbons (Fsp3) is 0.545. The summed E-state index contributed by atoms with van der Waals surface area (Å²) in [5, 5.41) is 0.0317. The van der Waals surface area contributed by atoms with Crippen molar-refractivity contribution in [1.29, 1.82) is 0 Å². The number of sulfonamides is 1. The monoisotopic (exact) mass is 273 g/mol. The summed E-state index contributed by atoms with van der Waals surface area (Å²) < 4.78 is 32.9. The van der Waals surface area contributed by atoms with Gasteiger partial charge in [-0.05, 0) is 13.8 Å². The predicted octanol–water partition coefficient (Wildman–Crippen LogP) is 0.774. The van der Waals surface area contributed by atoms with Gasteiger partial charge in [-0.1, -0.05) is 12.2 Å². The second-order valence-electron chi connectivity index (χ2n) is 3.95. The Morgan fingerprint density at radius 3 is 2.89 bits per heavy atom. The van der Waals surface area contributed by atoms with Gasteiger partial charge in [0.2, 0.25) is 0 Å². The molecule has 6 nitrogen and oxygen atoms in total. The highest BCUT2D eigenvalue weighted by atomic mass is 32.2. The lowest BCUT2D eigenvalue weighted by Crippen LogP contribution is -2.27. The molecule has 0 fully saturated rings. The van der Waals surface area contributed by atoms with Gasteiger partial charge in [0.25, 0.3) is 10.0 Å². The van der Waals surface area contributed by atoms with Crippen LogP contribution < -0.4 is 4.72 Å². The van der Waals surface area contributed by atoms with Crippen LogP contribution in [0.5, 0.6) is 0 Å². The molecule has 0 radical (unpaired) electrons. The van der Waals surface area contributed by atoms with Gasteiger partial charge < -0.3 is 9.30 Å². The fourth-order valence-electron chi connectivity index (χ4n) is 1.22. The molecule has 0 saturated heterocycles. The first-order valence-electron chi connectivity index (χ1n) is 5.69. The van der Waals surface area contributed by atoms with Crippen LogP contribution in [-0.4, -0.2) is 37.7 Å². The van der Waals surface area contributed by atoms with Gasteiger partial charge in [-0.2, -0.15) is 0 Å². The highest BCUT2D eigenvalue weighted by Crippen LogP contribution is 2.04. The minimum atomic E-state index is -3.53. The van der Waals surface area contributed by atoms with Crippen molar-refractivity contribution in [1.82, 2.24) is 14.3 Å². The largest absolute Gasteiger partial charge is 0.376 e. The topological polar surface area (TPSA) is 73.2 Å². The van der Waals surface area contributed by atoms with Gasteiger partial charge in [0, 0.05) is 19.3 Å². The number of hydrogen-bond donors (Lipinski definition) is 1.